The highest BCUT2D eigenvalue weighted by atomic mass is 19.1. The number of carbonyl (C=O) groups excluding carboxylic acids is 2. The number of H-pyrrole nitrogens is 1. The fourth-order valence-corrected chi connectivity index (χ4v) is 4.56. The van der Waals surface area contributed by atoms with E-state index in [2.05, 4.69) is 32.5 Å². The Hall–Kier alpha value is -2.71. The fourth-order valence-electron chi connectivity index (χ4n) is 4.56. The highest BCUT2D eigenvalue weighted by molar-refractivity contribution is 6.09. The number of nitrogens with one attached hydrogen (secondary N) is 3. The van der Waals surface area contributed by atoms with Gasteiger partial charge in [-0.1, -0.05) is 6.08 Å². The number of hydrogen-bond donors (Lipinski definition) is 3. The van der Waals surface area contributed by atoms with Gasteiger partial charge in [0.15, 0.2) is 0 Å². The molecule has 3 heterocycles. The van der Waals surface area contributed by atoms with Crippen molar-refractivity contribution < 1.29 is 14.0 Å². The molecule has 8 heteroatoms. The molecule has 0 bridgehead atoms. The first-order chi connectivity index (χ1) is 15.3. The normalized spacial score (nSPS) is 23.1. The van der Waals surface area contributed by atoms with Crippen LogP contribution in [-0.4, -0.2) is 79.1 Å². The van der Waals surface area contributed by atoms with Gasteiger partial charge in [0.25, 0.3) is 11.8 Å². The number of fused-ring (bicyclic) bond motifs is 1. The molecular weight excluding hydrogens is 409 g/mol. The molecule has 2 aliphatic heterocycles. The molecular formula is C24H32FN5O2. The van der Waals surface area contributed by atoms with E-state index in [-0.39, 0.29) is 18.2 Å². The number of aromatic amines is 1. The molecule has 3 aliphatic rings. The Morgan fingerprint density at radius 3 is 2.78 bits per heavy atom. The summed E-state index contributed by atoms with van der Waals surface area (Å²) in [6.45, 7) is 9.64. The fraction of sp³-hybridized carbons (Fsp3) is 0.500. The highest BCUT2D eigenvalue weighted by Gasteiger charge is 2.31. The number of hydrogen-bond acceptors (Lipinski definition) is 4. The number of nitrogens with zero attached hydrogens (tertiary/aromatic N) is 2. The van der Waals surface area contributed by atoms with E-state index >= 15 is 0 Å². The van der Waals surface area contributed by atoms with Crippen molar-refractivity contribution in [2.45, 2.75) is 32.9 Å². The summed E-state index contributed by atoms with van der Waals surface area (Å²) >= 11 is 0. The average molecular weight is 442 g/mol. The quantitative estimate of drug-likeness (QED) is 0.466. The van der Waals surface area contributed by atoms with Gasteiger partial charge in [-0.05, 0) is 51.6 Å². The predicted octanol–water partition coefficient (Wildman–Crippen LogP) is 2.06. The number of aromatic nitrogens is 1. The zero-order valence-corrected chi connectivity index (χ0v) is 19.1. The number of allylic oxidation sites excluding steroid dienone is 3. The average Bonchev–Trinajstić information content (AvgIpc) is 3.21. The Balaban J connectivity index is 1.40. The smallest absolute Gasteiger partial charge is 0.256 e. The van der Waals surface area contributed by atoms with Gasteiger partial charge in [-0.15, -0.1) is 0 Å². The molecule has 1 unspecified atom stereocenters. The highest BCUT2D eigenvalue weighted by Crippen LogP contribution is 2.33. The lowest BCUT2D eigenvalue weighted by Crippen LogP contribution is -2.45. The molecule has 1 aliphatic carbocycles. The topological polar surface area (TPSA) is 80.5 Å². The Bertz CT molecular complexity index is 998. The van der Waals surface area contributed by atoms with Crippen LogP contribution in [0.3, 0.4) is 0 Å². The van der Waals surface area contributed by atoms with Crippen molar-refractivity contribution in [3.8, 4) is 0 Å². The Morgan fingerprint density at radius 2 is 2.03 bits per heavy atom. The van der Waals surface area contributed by atoms with Gasteiger partial charge in [-0.2, -0.15) is 0 Å². The molecule has 3 N–H and O–H groups in total. The lowest BCUT2D eigenvalue weighted by Gasteiger charge is -2.32. The van der Waals surface area contributed by atoms with E-state index in [0.29, 0.717) is 34.6 Å². The molecule has 7 nitrogen and oxygen atoms in total. The van der Waals surface area contributed by atoms with Crippen LogP contribution in [0.4, 0.5) is 4.39 Å². The second-order valence-electron chi connectivity index (χ2n) is 8.88. The maximum absolute atomic E-state index is 13.8. The molecule has 0 spiro atoms. The maximum atomic E-state index is 13.8. The summed E-state index contributed by atoms with van der Waals surface area (Å²) in [6, 6.07) is 0. The van der Waals surface area contributed by atoms with Crippen molar-refractivity contribution in [2.24, 2.45) is 0 Å². The van der Waals surface area contributed by atoms with Crippen LogP contribution in [-0.2, 0) is 4.79 Å². The van der Waals surface area contributed by atoms with Gasteiger partial charge in [0, 0.05) is 61.8 Å². The van der Waals surface area contributed by atoms with Crippen LogP contribution >= 0.6 is 0 Å². The van der Waals surface area contributed by atoms with Crippen molar-refractivity contribution in [3.05, 3.63) is 51.5 Å². The van der Waals surface area contributed by atoms with Gasteiger partial charge in [-0.3, -0.25) is 9.59 Å². The van der Waals surface area contributed by atoms with Gasteiger partial charge in [0.2, 0.25) is 0 Å². The monoisotopic (exact) mass is 441 g/mol. The van der Waals surface area contributed by atoms with Crippen molar-refractivity contribution in [3.63, 3.8) is 0 Å². The molecule has 32 heavy (non-hydrogen) atoms. The molecule has 0 saturated carbocycles. The Morgan fingerprint density at radius 1 is 1.28 bits per heavy atom. The summed E-state index contributed by atoms with van der Waals surface area (Å²) in [5.41, 5.74) is 4.50. The van der Waals surface area contributed by atoms with Crippen molar-refractivity contribution in [2.75, 3.05) is 46.3 Å². The van der Waals surface area contributed by atoms with Crippen LogP contribution in [0.25, 0.3) is 6.08 Å². The van der Waals surface area contributed by atoms with E-state index in [9.17, 15) is 14.0 Å². The van der Waals surface area contributed by atoms with Crippen LogP contribution in [0, 0.1) is 13.8 Å². The molecule has 172 valence electrons. The summed E-state index contributed by atoms with van der Waals surface area (Å²) in [5.74, 6) is -0.366. The summed E-state index contributed by atoms with van der Waals surface area (Å²) in [4.78, 5) is 33.3. The Kier molecular flexibility index (Phi) is 6.62. The third kappa shape index (κ3) is 4.71. The molecule has 1 aromatic rings. The number of likely N-dealkylation sites (N-methyl/N-ethyl adjacent to an activating group) is 1. The van der Waals surface area contributed by atoms with E-state index < -0.39 is 6.17 Å². The minimum Gasteiger partial charge on any atom is -0.358 e. The van der Waals surface area contributed by atoms with E-state index in [1.807, 2.05) is 13.8 Å². The molecule has 2 amide bonds. The van der Waals surface area contributed by atoms with Gasteiger partial charge in [-0.25, -0.2) is 4.39 Å². The van der Waals surface area contributed by atoms with E-state index in [1.165, 1.54) is 6.08 Å². The summed E-state index contributed by atoms with van der Waals surface area (Å²) < 4.78 is 13.8. The standard InChI is InChI=1S/C24H32FN5O2/c1-15-21(14-19-18-13-17(25)5-6-20(18)28-23(19)31)27-16(2)22(15)24(32)26-7-4-8-30-11-9-29(3)10-12-30/h6,13-14,17,27H,4-5,7-12H2,1-3H3,(H,26,32)(H,28,31)/b19-14-. The minimum absolute atomic E-state index is 0.114. The number of halogens is 1. The molecule has 0 radical (unpaired) electrons. The molecule has 2 saturated heterocycles. The second kappa shape index (κ2) is 9.42. The zero-order chi connectivity index (χ0) is 22.8. The predicted molar refractivity (Wildman–Crippen MR) is 123 cm³/mol. The third-order valence-electron chi connectivity index (χ3n) is 6.49. The summed E-state index contributed by atoms with van der Waals surface area (Å²) in [5, 5.41) is 5.82. The van der Waals surface area contributed by atoms with Gasteiger partial charge >= 0.3 is 0 Å². The van der Waals surface area contributed by atoms with Crippen LogP contribution in [0.15, 0.2) is 29.0 Å². The number of carbonyl (C=O) groups is 2. The summed E-state index contributed by atoms with van der Waals surface area (Å²) in [6.07, 6.45) is 5.00. The van der Waals surface area contributed by atoms with Gasteiger partial charge in [0.1, 0.15) is 6.17 Å². The third-order valence-corrected chi connectivity index (χ3v) is 6.49. The SMILES string of the molecule is Cc1[nH]c(/C=C2\C(=O)NC3=CCC(F)C=C32)c(C)c1C(=O)NCCCN1CCN(C)CC1. The van der Waals surface area contributed by atoms with Crippen molar-refractivity contribution in [1.82, 2.24) is 25.4 Å². The minimum atomic E-state index is -1.09. The summed E-state index contributed by atoms with van der Waals surface area (Å²) in [7, 11) is 2.14. The molecule has 0 aromatic carbocycles. The second-order valence-corrected chi connectivity index (χ2v) is 8.88. The molecule has 1 aromatic heterocycles. The van der Waals surface area contributed by atoms with E-state index in [1.54, 1.807) is 12.2 Å². The first-order valence-electron chi connectivity index (χ1n) is 11.3. The largest absolute Gasteiger partial charge is 0.358 e. The first kappa shape index (κ1) is 22.5. The van der Waals surface area contributed by atoms with Gasteiger partial charge < -0.3 is 25.4 Å². The number of aryl methyl sites for hydroxylation is 1. The number of rotatable bonds is 6. The maximum Gasteiger partial charge on any atom is 0.256 e. The van der Waals surface area contributed by atoms with E-state index in [0.717, 1.165) is 50.4 Å². The van der Waals surface area contributed by atoms with Crippen LogP contribution in [0.1, 0.15) is 40.2 Å². The van der Waals surface area contributed by atoms with Crippen LogP contribution < -0.4 is 10.6 Å². The van der Waals surface area contributed by atoms with Crippen LogP contribution in [0.2, 0.25) is 0 Å². The lowest BCUT2D eigenvalue weighted by atomic mass is 9.97. The van der Waals surface area contributed by atoms with Crippen molar-refractivity contribution in [1.29, 1.82) is 0 Å². The Labute approximate surface area is 188 Å². The number of alkyl halides is 1. The van der Waals surface area contributed by atoms with Crippen LogP contribution in [0.5, 0.6) is 0 Å². The first-order valence-corrected chi connectivity index (χ1v) is 11.3. The lowest BCUT2D eigenvalue weighted by molar-refractivity contribution is -0.115. The zero-order valence-electron chi connectivity index (χ0n) is 19.1. The molecule has 4 rings (SSSR count). The van der Waals surface area contributed by atoms with E-state index in [4.69, 9.17) is 0 Å². The molecule has 1 atom stereocenters. The number of piperazine rings is 1. The number of amides is 2. The van der Waals surface area contributed by atoms with Crippen molar-refractivity contribution >= 4 is 17.9 Å². The molecule has 2 fully saturated rings. The van der Waals surface area contributed by atoms with Gasteiger partial charge in [0.05, 0.1) is 11.1 Å².